The van der Waals surface area contributed by atoms with Gasteiger partial charge in [-0.25, -0.2) is 4.98 Å². The summed E-state index contributed by atoms with van der Waals surface area (Å²) in [6.45, 7) is 2.39. The van der Waals surface area contributed by atoms with Crippen LogP contribution in [0.2, 0.25) is 0 Å². The maximum Gasteiger partial charge on any atom is 0.229 e. The average Bonchev–Trinajstić information content (AvgIpc) is 2.67. The van der Waals surface area contributed by atoms with Crippen LogP contribution in [0.25, 0.3) is 0 Å². The third-order valence-electron chi connectivity index (χ3n) is 3.97. The van der Waals surface area contributed by atoms with E-state index in [2.05, 4.69) is 44.9 Å². The topological polar surface area (TPSA) is 66.9 Å². The Hall–Kier alpha value is -3.21. The number of aromatic nitrogens is 2. The van der Waals surface area contributed by atoms with Crippen molar-refractivity contribution in [2.45, 2.75) is 19.8 Å². The van der Waals surface area contributed by atoms with Crippen LogP contribution in [0, 0.1) is 0 Å². The third kappa shape index (κ3) is 5.14. The van der Waals surface area contributed by atoms with E-state index in [1.807, 2.05) is 24.3 Å². The zero-order valence-corrected chi connectivity index (χ0v) is 14.8. The number of Topliss-reactive ketones (excluding diaryl/α,β-unsaturated/α-hetero) is 1. The van der Waals surface area contributed by atoms with Crippen molar-refractivity contribution < 1.29 is 4.79 Å². The standard InChI is InChI=1S/C21H22N4O/c1-16(26)18-10-5-11-19(15-18)24-21-23-14-12-20(25-21)22-13-6-9-17-7-3-2-4-8-17/h2-5,7-8,10-12,14-15H,6,9,13H2,1H3,(H2,22,23,24,25). The minimum atomic E-state index is 0.0309. The highest BCUT2D eigenvalue weighted by Gasteiger charge is 2.03. The number of nitrogens with zero attached hydrogens (tertiary/aromatic N) is 2. The van der Waals surface area contributed by atoms with Crippen molar-refractivity contribution in [1.82, 2.24) is 9.97 Å². The van der Waals surface area contributed by atoms with Gasteiger partial charge in [0.2, 0.25) is 5.95 Å². The highest BCUT2D eigenvalue weighted by Crippen LogP contribution is 2.16. The van der Waals surface area contributed by atoms with Gasteiger partial charge in [-0.3, -0.25) is 4.79 Å². The number of ketones is 1. The lowest BCUT2D eigenvalue weighted by atomic mass is 10.1. The van der Waals surface area contributed by atoms with Crippen LogP contribution in [-0.4, -0.2) is 22.3 Å². The number of hydrogen-bond acceptors (Lipinski definition) is 5. The monoisotopic (exact) mass is 346 g/mol. The fourth-order valence-electron chi connectivity index (χ4n) is 2.62. The van der Waals surface area contributed by atoms with Gasteiger partial charge >= 0.3 is 0 Å². The Morgan fingerprint density at radius 1 is 1.04 bits per heavy atom. The molecule has 0 aliphatic rings. The number of rotatable bonds is 8. The summed E-state index contributed by atoms with van der Waals surface area (Å²) in [4.78, 5) is 20.2. The molecule has 2 aromatic carbocycles. The Labute approximate surface area is 153 Å². The first-order valence-corrected chi connectivity index (χ1v) is 8.69. The summed E-state index contributed by atoms with van der Waals surface area (Å²) in [5, 5.41) is 6.47. The fourth-order valence-corrected chi connectivity index (χ4v) is 2.62. The van der Waals surface area contributed by atoms with E-state index in [-0.39, 0.29) is 5.78 Å². The van der Waals surface area contributed by atoms with Crippen molar-refractivity contribution in [3.05, 3.63) is 78.0 Å². The molecule has 0 aliphatic carbocycles. The Bertz CT molecular complexity index is 865. The van der Waals surface area contributed by atoms with E-state index in [0.29, 0.717) is 11.5 Å². The lowest BCUT2D eigenvalue weighted by Gasteiger charge is -2.09. The smallest absolute Gasteiger partial charge is 0.229 e. The molecule has 5 nitrogen and oxygen atoms in total. The Kier molecular flexibility index (Phi) is 5.93. The molecule has 1 aromatic heterocycles. The molecule has 0 radical (unpaired) electrons. The molecule has 0 unspecified atom stereocenters. The first-order valence-electron chi connectivity index (χ1n) is 8.69. The number of anilines is 3. The van der Waals surface area contributed by atoms with Gasteiger partial charge in [0.25, 0.3) is 0 Å². The molecule has 0 fully saturated rings. The second-order valence-corrected chi connectivity index (χ2v) is 6.04. The molecule has 0 atom stereocenters. The Morgan fingerprint density at radius 2 is 1.88 bits per heavy atom. The number of nitrogens with one attached hydrogen (secondary N) is 2. The molecule has 3 rings (SSSR count). The zero-order valence-electron chi connectivity index (χ0n) is 14.8. The van der Waals surface area contributed by atoms with Crippen LogP contribution >= 0.6 is 0 Å². The summed E-state index contributed by atoms with van der Waals surface area (Å²) in [5.41, 5.74) is 2.79. The molecule has 0 bridgehead atoms. The number of aryl methyl sites for hydroxylation is 1. The summed E-state index contributed by atoms with van der Waals surface area (Å²) < 4.78 is 0. The van der Waals surface area contributed by atoms with Crippen LogP contribution < -0.4 is 10.6 Å². The van der Waals surface area contributed by atoms with Crippen LogP contribution in [0.1, 0.15) is 29.3 Å². The number of carbonyl (C=O) groups excluding carboxylic acids is 1. The van der Waals surface area contributed by atoms with E-state index in [9.17, 15) is 4.79 Å². The lowest BCUT2D eigenvalue weighted by molar-refractivity contribution is 0.101. The number of benzene rings is 2. The molecule has 0 spiro atoms. The van der Waals surface area contributed by atoms with Crippen molar-refractivity contribution in [2.75, 3.05) is 17.2 Å². The van der Waals surface area contributed by atoms with Crippen molar-refractivity contribution >= 4 is 23.2 Å². The predicted octanol–water partition coefficient (Wildman–Crippen LogP) is 4.47. The SMILES string of the molecule is CC(=O)c1cccc(Nc2nccc(NCCCc3ccccc3)n2)c1. The van der Waals surface area contributed by atoms with E-state index < -0.39 is 0 Å². The van der Waals surface area contributed by atoms with Crippen LogP contribution in [-0.2, 0) is 6.42 Å². The highest BCUT2D eigenvalue weighted by atomic mass is 16.1. The number of carbonyl (C=O) groups is 1. The van der Waals surface area contributed by atoms with E-state index in [4.69, 9.17) is 0 Å². The van der Waals surface area contributed by atoms with E-state index >= 15 is 0 Å². The molecule has 3 aromatic rings. The van der Waals surface area contributed by atoms with Gasteiger partial charge in [-0.1, -0.05) is 42.5 Å². The van der Waals surface area contributed by atoms with Gasteiger partial charge in [0.1, 0.15) is 5.82 Å². The molecule has 5 heteroatoms. The van der Waals surface area contributed by atoms with Gasteiger partial charge < -0.3 is 10.6 Å². The molecule has 26 heavy (non-hydrogen) atoms. The summed E-state index contributed by atoms with van der Waals surface area (Å²) in [5.74, 6) is 1.31. The van der Waals surface area contributed by atoms with E-state index in [1.165, 1.54) is 5.56 Å². The van der Waals surface area contributed by atoms with Gasteiger partial charge in [-0.05, 0) is 43.5 Å². The summed E-state index contributed by atoms with van der Waals surface area (Å²) in [6.07, 6.45) is 3.77. The first-order chi connectivity index (χ1) is 12.7. The molecule has 132 valence electrons. The third-order valence-corrected chi connectivity index (χ3v) is 3.97. The molecule has 1 heterocycles. The molecule has 0 amide bonds. The maximum atomic E-state index is 11.5. The second-order valence-electron chi connectivity index (χ2n) is 6.04. The largest absolute Gasteiger partial charge is 0.370 e. The van der Waals surface area contributed by atoms with Crippen molar-refractivity contribution in [2.24, 2.45) is 0 Å². The van der Waals surface area contributed by atoms with Crippen molar-refractivity contribution in [3.63, 3.8) is 0 Å². The number of hydrogen-bond donors (Lipinski definition) is 2. The van der Waals surface area contributed by atoms with Gasteiger partial charge in [-0.15, -0.1) is 0 Å². The van der Waals surface area contributed by atoms with Crippen LogP contribution in [0.3, 0.4) is 0 Å². The first kappa shape index (κ1) is 17.6. The molecular weight excluding hydrogens is 324 g/mol. The van der Waals surface area contributed by atoms with E-state index in [1.54, 1.807) is 25.3 Å². The van der Waals surface area contributed by atoms with Crippen molar-refractivity contribution in [3.8, 4) is 0 Å². The van der Waals surface area contributed by atoms with Gasteiger partial charge in [0, 0.05) is 24.0 Å². The van der Waals surface area contributed by atoms with Crippen LogP contribution in [0.5, 0.6) is 0 Å². The maximum absolute atomic E-state index is 11.5. The summed E-state index contributed by atoms with van der Waals surface area (Å²) in [6, 6.07) is 19.6. The minimum absolute atomic E-state index is 0.0309. The molecule has 0 aliphatic heterocycles. The van der Waals surface area contributed by atoms with Crippen LogP contribution in [0.4, 0.5) is 17.5 Å². The molecule has 0 saturated carbocycles. The highest BCUT2D eigenvalue weighted by molar-refractivity contribution is 5.95. The van der Waals surface area contributed by atoms with Gasteiger partial charge in [-0.2, -0.15) is 4.98 Å². The average molecular weight is 346 g/mol. The minimum Gasteiger partial charge on any atom is -0.370 e. The normalized spacial score (nSPS) is 10.3. The van der Waals surface area contributed by atoms with Crippen LogP contribution in [0.15, 0.2) is 66.9 Å². The summed E-state index contributed by atoms with van der Waals surface area (Å²) >= 11 is 0. The van der Waals surface area contributed by atoms with Gasteiger partial charge in [0.05, 0.1) is 0 Å². The Balaban J connectivity index is 1.54. The molecule has 0 saturated heterocycles. The van der Waals surface area contributed by atoms with Gasteiger partial charge in [0.15, 0.2) is 5.78 Å². The molecule has 2 N–H and O–H groups in total. The lowest BCUT2D eigenvalue weighted by Crippen LogP contribution is -2.06. The predicted molar refractivity (Wildman–Crippen MR) is 105 cm³/mol. The second kappa shape index (κ2) is 8.76. The van der Waals surface area contributed by atoms with E-state index in [0.717, 1.165) is 30.9 Å². The molecular formula is C21H22N4O. The summed E-state index contributed by atoms with van der Waals surface area (Å²) in [7, 11) is 0. The van der Waals surface area contributed by atoms with Crippen molar-refractivity contribution in [1.29, 1.82) is 0 Å². The quantitative estimate of drug-likeness (QED) is 0.465. The fraction of sp³-hybridized carbons (Fsp3) is 0.190. The zero-order chi connectivity index (χ0) is 18.2. The Morgan fingerprint density at radius 3 is 2.69 bits per heavy atom.